The van der Waals surface area contributed by atoms with E-state index in [1.165, 1.54) is 18.4 Å². The number of rotatable bonds is 5. The molecule has 2 rings (SSSR count). The maximum Gasteiger partial charge on any atom is 0.225 e. The number of anilines is 1. The molecule has 4 nitrogen and oxygen atoms in total. The van der Waals surface area contributed by atoms with Crippen molar-refractivity contribution in [1.29, 1.82) is 0 Å². The zero-order valence-corrected chi connectivity index (χ0v) is 11.2. The van der Waals surface area contributed by atoms with E-state index in [1.807, 2.05) is 13.2 Å². The van der Waals surface area contributed by atoms with Gasteiger partial charge in [-0.15, -0.1) is 0 Å². The summed E-state index contributed by atoms with van der Waals surface area (Å²) in [6.45, 7) is 7.23. The van der Waals surface area contributed by atoms with E-state index in [0.29, 0.717) is 6.04 Å². The Morgan fingerprint density at radius 2 is 2.18 bits per heavy atom. The molecule has 0 bridgehead atoms. The van der Waals surface area contributed by atoms with Gasteiger partial charge in [0.05, 0.1) is 0 Å². The summed E-state index contributed by atoms with van der Waals surface area (Å²) >= 11 is 0. The zero-order valence-electron chi connectivity index (χ0n) is 11.2. The van der Waals surface area contributed by atoms with Crippen molar-refractivity contribution >= 4 is 5.95 Å². The lowest BCUT2D eigenvalue weighted by Crippen LogP contribution is -2.28. The minimum atomic E-state index is 0.421. The molecule has 17 heavy (non-hydrogen) atoms. The first-order valence-corrected chi connectivity index (χ1v) is 6.36. The summed E-state index contributed by atoms with van der Waals surface area (Å²) in [6, 6.07) is 1.15. The number of hydrogen-bond acceptors (Lipinski definition) is 4. The third-order valence-corrected chi connectivity index (χ3v) is 3.32. The largest absolute Gasteiger partial charge is 0.341 e. The lowest BCUT2D eigenvalue weighted by molar-refractivity contribution is 0.674. The summed E-state index contributed by atoms with van der Waals surface area (Å²) in [5.74, 6) is 0.813. The van der Waals surface area contributed by atoms with Gasteiger partial charge in [0, 0.05) is 43.1 Å². The molecule has 0 unspecified atom stereocenters. The van der Waals surface area contributed by atoms with Crippen molar-refractivity contribution in [2.75, 3.05) is 11.9 Å². The van der Waals surface area contributed by atoms with Crippen molar-refractivity contribution in [1.82, 2.24) is 15.3 Å². The highest BCUT2D eigenvalue weighted by Gasteiger charge is 2.20. The summed E-state index contributed by atoms with van der Waals surface area (Å²) in [6.07, 6.45) is 4.58. The molecule has 0 aliphatic heterocycles. The average Bonchev–Trinajstić information content (AvgIpc) is 3.10. The Kier molecular flexibility index (Phi) is 3.62. The summed E-state index contributed by atoms with van der Waals surface area (Å²) in [5, 5.41) is 3.49. The van der Waals surface area contributed by atoms with Crippen LogP contribution < -0.4 is 10.2 Å². The summed E-state index contributed by atoms with van der Waals surface area (Å²) in [4.78, 5) is 11.1. The fourth-order valence-corrected chi connectivity index (χ4v) is 1.60. The topological polar surface area (TPSA) is 41.1 Å². The van der Waals surface area contributed by atoms with E-state index in [1.54, 1.807) is 0 Å². The number of nitrogens with one attached hydrogen (secondary N) is 1. The molecular weight excluding hydrogens is 212 g/mol. The third kappa shape index (κ3) is 3.16. The Bertz CT molecular complexity index is 385. The zero-order chi connectivity index (χ0) is 12.4. The van der Waals surface area contributed by atoms with Crippen LogP contribution in [-0.4, -0.2) is 29.1 Å². The highest BCUT2D eigenvalue weighted by atomic mass is 15.2. The Hall–Kier alpha value is -1.16. The molecule has 1 N–H and O–H groups in total. The van der Waals surface area contributed by atoms with Gasteiger partial charge in [-0.3, -0.25) is 0 Å². The smallest absolute Gasteiger partial charge is 0.225 e. The molecule has 0 atom stereocenters. The Labute approximate surface area is 103 Å². The molecule has 1 aromatic rings. The molecule has 1 aliphatic rings. The predicted molar refractivity (Wildman–Crippen MR) is 70.2 cm³/mol. The second-order valence-electron chi connectivity index (χ2n) is 5.14. The van der Waals surface area contributed by atoms with E-state index in [-0.39, 0.29) is 0 Å². The predicted octanol–water partition coefficient (Wildman–Crippen LogP) is 1.88. The first kappa shape index (κ1) is 12.3. The molecular formula is C13H22N4. The van der Waals surface area contributed by atoms with Crippen molar-refractivity contribution in [3.63, 3.8) is 0 Å². The van der Waals surface area contributed by atoms with Crippen molar-refractivity contribution in [3.05, 3.63) is 17.5 Å². The van der Waals surface area contributed by atoms with E-state index in [2.05, 4.69) is 41.0 Å². The van der Waals surface area contributed by atoms with E-state index < -0.39 is 0 Å². The SMILES string of the molecule is Cc1nc(N(C)C(C)C)ncc1CNC1CC1. The first-order valence-electron chi connectivity index (χ1n) is 6.36. The van der Waals surface area contributed by atoms with Gasteiger partial charge in [0.2, 0.25) is 5.95 Å². The summed E-state index contributed by atoms with van der Waals surface area (Å²) < 4.78 is 0. The van der Waals surface area contributed by atoms with Crippen LogP contribution >= 0.6 is 0 Å². The second kappa shape index (κ2) is 5.00. The van der Waals surface area contributed by atoms with Crippen LogP contribution in [0.3, 0.4) is 0 Å². The van der Waals surface area contributed by atoms with Crippen LogP contribution in [0.5, 0.6) is 0 Å². The number of hydrogen-bond donors (Lipinski definition) is 1. The van der Waals surface area contributed by atoms with Crippen molar-refractivity contribution < 1.29 is 0 Å². The van der Waals surface area contributed by atoms with E-state index in [9.17, 15) is 0 Å². The van der Waals surface area contributed by atoms with Crippen LogP contribution in [0.15, 0.2) is 6.20 Å². The molecule has 0 saturated heterocycles. The molecule has 0 aromatic carbocycles. The number of nitrogens with zero attached hydrogens (tertiary/aromatic N) is 3. The highest BCUT2D eigenvalue weighted by Crippen LogP contribution is 2.20. The van der Waals surface area contributed by atoms with Crippen LogP contribution in [0, 0.1) is 6.92 Å². The molecule has 1 saturated carbocycles. The van der Waals surface area contributed by atoms with Gasteiger partial charge in [-0.2, -0.15) is 0 Å². The standard InChI is InChI=1S/C13H22N4/c1-9(2)17(4)13-15-8-11(10(3)16-13)7-14-12-5-6-12/h8-9,12,14H,5-7H2,1-4H3. The van der Waals surface area contributed by atoms with Crippen LogP contribution in [-0.2, 0) is 6.54 Å². The second-order valence-corrected chi connectivity index (χ2v) is 5.14. The van der Waals surface area contributed by atoms with Crippen LogP contribution in [0.2, 0.25) is 0 Å². The minimum absolute atomic E-state index is 0.421. The molecule has 1 aliphatic carbocycles. The Balaban J connectivity index is 2.04. The van der Waals surface area contributed by atoms with Gasteiger partial charge in [-0.05, 0) is 33.6 Å². The maximum absolute atomic E-state index is 4.57. The van der Waals surface area contributed by atoms with E-state index >= 15 is 0 Å². The number of aromatic nitrogens is 2. The van der Waals surface area contributed by atoms with Gasteiger partial charge in [0.15, 0.2) is 0 Å². The van der Waals surface area contributed by atoms with Crippen LogP contribution in [0.1, 0.15) is 37.9 Å². The highest BCUT2D eigenvalue weighted by molar-refractivity contribution is 5.32. The fraction of sp³-hybridized carbons (Fsp3) is 0.692. The number of aryl methyl sites for hydroxylation is 1. The Morgan fingerprint density at radius 1 is 1.47 bits per heavy atom. The van der Waals surface area contributed by atoms with Crippen LogP contribution in [0.25, 0.3) is 0 Å². The molecule has 1 fully saturated rings. The molecule has 1 aromatic heterocycles. The van der Waals surface area contributed by atoms with Gasteiger partial charge in [0.25, 0.3) is 0 Å². The third-order valence-electron chi connectivity index (χ3n) is 3.32. The summed E-state index contributed by atoms with van der Waals surface area (Å²) in [7, 11) is 2.03. The lowest BCUT2D eigenvalue weighted by Gasteiger charge is -2.22. The van der Waals surface area contributed by atoms with E-state index in [0.717, 1.165) is 24.2 Å². The maximum atomic E-state index is 4.57. The monoisotopic (exact) mass is 234 g/mol. The van der Waals surface area contributed by atoms with Gasteiger partial charge < -0.3 is 10.2 Å². The van der Waals surface area contributed by atoms with E-state index in [4.69, 9.17) is 0 Å². The average molecular weight is 234 g/mol. The molecule has 0 radical (unpaired) electrons. The van der Waals surface area contributed by atoms with Crippen LogP contribution in [0.4, 0.5) is 5.95 Å². The fourth-order valence-electron chi connectivity index (χ4n) is 1.60. The first-order chi connectivity index (χ1) is 8.08. The van der Waals surface area contributed by atoms with Gasteiger partial charge in [-0.1, -0.05) is 0 Å². The van der Waals surface area contributed by atoms with Gasteiger partial charge in [-0.25, -0.2) is 9.97 Å². The lowest BCUT2D eigenvalue weighted by atomic mass is 10.2. The van der Waals surface area contributed by atoms with Crippen molar-refractivity contribution in [2.45, 2.75) is 52.2 Å². The van der Waals surface area contributed by atoms with Crippen molar-refractivity contribution in [2.24, 2.45) is 0 Å². The normalized spacial score (nSPS) is 15.4. The molecule has 4 heteroatoms. The van der Waals surface area contributed by atoms with Gasteiger partial charge in [0.1, 0.15) is 0 Å². The molecule has 0 spiro atoms. The minimum Gasteiger partial charge on any atom is -0.341 e. The quantitative estimate of drug-likeness (QED) is 0.844. The Morgan fingerprint density at radius 3 is 2.71 bits per heavy atom. The van der Waals surface area contributed by atoms with Crippen molar-refractivity contribution in [3.8, 4) is 0 Å². The van der Waals surface area contributed by atoms with Gasteiger partial charge >= 0.3 is 0 Å². The molecule has 0 amide bonds. The molecule has 1 heterocycles. The summed E-state index contributed by atoms with van der Waals surface area (Å²) in [5.41, 5.74) is 2.29. The molecule has 94 valence electrons.